The normalized spacial score (nSPS) is 20.7. The van der Waals surface area contributed by atoms with Crippen molar-refractivity contribution >= 4 is 5.91 Å². The molecule has 2 fully saturated rings. The maximum absolute atomic E-state index is 14.2. The lowest BCUT2D eigenvalue weighted by Crippen LogP contribution is -2.45. The van der Waals surface area contributed by atoms with Gasteiger partial charge in [0.05, 0.1) is 7.11 Å². The van der Waals surface area contributed by atoms with E-state index in [9.17, 15) is 13.6 Å². The van der Waals surface area contributed by atoms with Gasteiger partial charge in [0, 0.05) is 19.1 Å². The molecule has 2 saturated heterocycles. The quantitative estimate of drug-likeness (QED) is 0.833. The van der Waals surface area contributed by atoms with Crippen molar-refractivity contribution in [2.45, 2.75) is 38.6 Å². The smallest absolute Gasteiger partial charge is 0.260 e. The average Bonchev–Trinajstić information content (AvgIpc) is 3.17. The number of likely N-dealkylation sites (tertiary alicyclic amines) is 2. The molecule has 6 heteroatoms. The third kappa shape index (κ3) is 3.64. The van der Waals surface area contributed by atoms with Gasteiger partial charge in [0.2, 0.25) is 0 Å². The zero-order chi connectivity index (χ0) is 18.0. The highest BCUT2D eigenvalue weighted by atomic mass is 19.2. The molecule has 1 aromatic carbocycles. The van der Waals surface area contributed by atoms with Gasteiger partial charge in [0.25, 0.3) is 5.91 Å². The van der Waals surface area contributed by atoms with E-state index in [4.69, 9.17) is 4.74 Å². The van der Waals surface area contributed by atoms with Crippen LogP contribution in [0.1, 0.15) is 43.0 Å². The van der Waals surface area contributed by atoms with Gasteiger partial charge in [-0.3, -0.25) is 4.79 Å². The molecule has 2 aliphatic rings. The van der Waals surface area contributed by atoms with E-state index in [0.29, 0.717) is 25.0 Å². The molecule has 0 bridgehead atoms. The number of nitrogens with zero attached hydrogens (tertiary/aromatic N) is 2. The highest BCUT2D eigenvalue weighted by Gasteiger charge is 2.32. The summed E-state index contributed by atoms with van der Waals surface area (Å²) in [5.41, 5.74) is -0.298. The van der Waals surface area contributed by atoms with Gasteiger partial charge in [-0.15, -0.1) is 0 Å². The predicted molar refractivity (Wildman–Crippen MR) is 91.8 cm³/mol. The van der Waals surface area contributed by atoms with Crippen LogP contribution in [0.25, 0.3) is 0 Å². The molecule has 0 spiro atoms. The van der Waals surface area contributed by atoms with Crippen LogP contribution < -0.4 is 4.74 Å². The molecular weight excluding hydrogens is 326 g/mol. The minimum atomic E-state index is -1.13. The van der Waals surface area contributed by atoms with Crippen LogP contribution in [-0.2, 0) is 0 Å². The summed E-state index contributed by atoms with van der Waals surface area (Å²) in [6.45, 7) is 5.72. The van der Waals surface area contributed by atoms with Crippen LogP contribution in [0.4, 0.5) is 8.78 Å². The van der Waals surface area contributed by atoms with Crippen molar-refractivity contribution < 1.29 is 18.3 Å². The molecule has 0 aliphatic carbocycles. The Morgan fingerprint density at radius 3 is 2.40 bits per heavy atom. The topological polar surface area (TPSA) is 32.8 Å². The summed E-state index contributed by atoms with van der Waals surface area (Å²) in [4.78, 5) is 16.9. The maximum atomic E-state index is 14.2. The minimum Gasteiger partial charge on any atom is -0.496 e. The van der Waals surface area contributed by atoms with Crippen molar-refractivity contribution in [2.24, 2.45) is 5.92 Å². The molecule has 0 saturated carbocycles. The number of piperidine rings is 1. The number of carbonyl (C=O) groups is 1. The van der Waals surface area contributed by atoms with Crippen LogP contribution in [0.3, 0.4) is 0 Å². The van der Waals surface area contributed by atoms with Crippen LogP contribution in [-0.4, -0.2) is 55.0 Å². The summed E-state index contributed by atoms with van der Waals surface area (Å²) in [6, 6.07) is 2.79. The number of hydrogen-bond donors (Lipinski definition) is 0. The van der Waals surface area contributed by atoms with Gasteiger partial charge >= 0.3 is 0 Å². The van der Waals surface area contributed by atoms with Crippen molar-refractivity contribution in [3.05, 3.63) is 29.3 Å². The molecule has 3 rings (SSSR count). The Labute approximate surface area is 147 Å². The Morgan fingerprint density at radius 2 is 1.80 bits per heavy atom. The van der Waals surface area contributed by atoms with Crippen molar-refractivity contribution in [1.82, 2.24) is 9.80 Å². The monoisotopic (exact) mass is 352 g/mol. The summed E-state index contributed by atoms with van der Waals surface area (Å²) < 4.78 is 32.8. The first-order valence-corrected chi connectivity index (χ1v) is 9.08. The third-order valence-electron chi connectivity index (χ3n) is 5.72. The fraction of sp³-hybridized carbons (Fsp3) is 0.632. The molecule has 2 aliphatic heterocycles. The standard InChI is InChI=1S/C19H26F2N2O2/c1-13(22-9-3-4-10-22)14-7-11-23(12-8-14)19(24)17-16(25-2)6-5-15(20)18(17)21/h5-6,13-14H,3-4,7-12H2,1-2H3. The molecular formula is C19H26F2N2O2. The molecule has 138 valence electrons. The van der Waals surface area contributed by atoms with Gasteiger partial charge in [0.15, 0.2) is 11.6 Å². The maximum Gasteiger partial charge on any atom is 0.260 e. The van der Waals surface area contributed by atoms with Crippen LogP contribution in [0.15, 0.2) is 12.1 Å². The summed E-state index contributed by atoms with van der Waals surface area (Å²) in [5.74, 6) is -2.02. The largest absolute Gasteiger partial charge is 0.496 e. The number of methoxy groups -OCH3 is 1. The van der Waals surface area contributed by atoms with E-state index in [1.54, 1.807) is 4.90 Å². The second kappa shape index (κ2) is 7.68. The van der Waals surface area contributed by atoms with Crippen molar-refractivity contribution in [3.63, 3.8) is 0 Å². The Morgan fingerprint density at radius 1 is 1.16 bits per heavy atom. The summed E-state index contributed by atoms with van der Waals surface area (Å²) in [5, 5.41) is 0. The van der Waals surface area contributed by atoms with Gasteiger partial charge in [-0.05, 0) is 63.7 Å². The van der Waals surface area contributed by atoms with E-state index in [1.165, 1.54) is 26.0 Å². The Balaban J connectivity index is 1.67. The van der Waals surface area contributed by atoms with E-state index in [2.05, 4.69) is 11.8 Å². The second-order valence-electron chi connectivity index (χ2n) is 7.05. The van der Waals surface area contributed by atoms with Crippen LogP contribution >= 0.6 is 0 Å². The van der Waals surface area contributed by atoms with Gasteiger partial charge in [0.1, 0.15) is 11.3 Å². The Kier molecular flexibility index (Phi) is 5.57. The highest BCUT2D eigenvalue weighted by molar-refractivity contribution is 5.97. The third-order valence-corrected chi connectivity index (χ3v) is 5.72. The molecule has 0 aromatic heterocycles. The molecule has 1 aromatic rings. The van der Waals surface area contributed by atoms with Crippen LogP contribution in [0.2, 0.25) is 0 Å². The molecule has 0 radical (unpaired) electrons. The van der Waals surface area contributed by atoms with Crippen molar-refractivity contribution in [3.8, 4) is 5.75 Å². The predicted octanol–water partition coefficient (Wildman–Crippen LogP) is 3.31. The first-order chi connectivity index (χ1) is 12.0. The van der Waals surface area contributed by atoms with Crippen molar-refractivity contribution in [1.29, 1.82) is 0 Å². The fourth-order valence-corrected chi connectivity index (χ4v) is 4.09. The lowest BCUT2D eigenvalue weighted by molar-refractivity contribution is 0.0615. The number of halogens is 2. The molecule has 2 heterocycles. The lowest BCUT2D eigenvalue weighted by atomic mass is 9.89. The zero-order valence-electron chi connectivity index (χ0n) is 14.9. The first kappa shape index (κ1) is 18.1. The van der Waals surface area contributed by atoms with Gasteiger partial charge in [-0.1, -0.05) is 0 Å². The van der Waals surface area contributed by atoms with Crippen molar-refractivity contribution in [2.75, 3.05) is 33.3 Å². The number of rotatable bonds is 4. The number of hydrogen-bond acceptors (Lipinski definition) is 3. The van der Waals surface area contributed by atoms with E-state index in [0.717, 1.165) is 32.0 Å². The first-order valence-electron chi connectivity index (χ1n) is 9.08. The van der Waals surface area contributed by atoms with Crippen LogP contribution in [0.5, 0.6) is 5.75 Å². The molecule has 1 amide bonds. The number of benzene rings is 1. The van der Waals surface area contributed by atoms with Crippen LogP contribution in [0, 0.1) is 17.6 Å². The number of carbonyl (C=O) groups excluding carboxylic acids is 1. The van der Waals surface area contributed by atoms with E-state index in [-0.39, 0.29) is 11.3 Å². The molecule has 25 heavy (non-hydrogen) atoms. The SMILES string of the molecule is COc1ccc(F)c(F)c1C(=O)N1CCC(C(C)N2CCCC2)CC1. The number of amides is 1. The zero-order valence-corrected chi connectivity index (χ0v) is 14.9. The molecule has 4 nitrogen and oxygen atoms in total. The average molecular weight is 352 g/mol. The highest BCUT2D eigenvalue weighted by Crippen LogP contribution is 2.30. The molecule has 0 N–H and O–H groups in total. The summed E-state index contributed by atoms with van der Waals surface area (Å²) in [7, 11) is 1.35. The summed E-state index contributed by atoms with van der Waals surface area (Å²) >= 11 is 0. The van der Waals surface area contributed by atoms with Gasteiger partial charge in [-0.25, -0.2) is 8.78 Å². The fourth-order valence-electron chi connectivity index (χ4n) is 4.09. The Hall–Kier alpha value is -1.69. The molecule has 1 unspecified atom stereocenters. The number of ether oxygens (including phenoxy) is 1. The Bertz CT molecular complexity index is 624. The van der Waals surface area contributed by atoms with E-state index < -0.39 is 17.5 Å². The van der Waals surface area contributed by atoms with E-state index >= 15 is 0 Å². The minimum absolute atomic E-state index is 0.0801. The second-order valence-corrected chi connectivity index (χ2v) is 7.05. The summed E-state index contributed by atoms with van der Waals surface area (Å²) in [6.07, 6.45) is 4.31. The van der Waals surface area contributed by atoms with Gasteiger partial charge in [-0.2, -0.15) is 0 Å². The van der Waals surface area contributed by atoms with Gasteiger partial charge < -0.3 is 14.5 Å². The lowest BCUT2D eigenvalue weighted by Gasteiger charge is -2.38. The van der Waals surface area contributed by atoms with E-state index in [1.807, 2.05) is 0 Å². The molecule has 1 atom stereocenters.